The SMILES string of the molecule is Cc1nc2nccc(-c3nc(CC(=O)Nc4ccccc4)no3)c2[nH]1. The lowest BCUT2D eigenvalue weighted by Gasteiger charge is -2.02. The van der Waals surface area contributed by atoms with Gasteiger partial charge < -0.3 is 14.8 Å². The zero-order valence-electron chi connectivity index (χ0n) is 13.4. The minimum Gasteiger partial charge on any atom is -0.340 e. The highest BCUT2D eigenvalue weighted by atomic mass is 16.5. The molecule has 0 fully saturated rings. The van der Waals surface area contributed by atoms with E-state index in [4.69, 9.17) is 4.52 Å². The standard InChI is InChI=1S/C17H14N6O2/c1-10-19-15-12(7-8-18-16(15)20-10)17-22-13(23-25-17)9-14(24)21-11-5-3-2-4-6-11/h2-8H,9H2,1H3,(H,21,24)(H,18,19,20). The Morgan fingerprint density at radius 1 is 1.20 bits per heavy atom. The number of hydrogen-bond acceptors (Lipinski definition) is 6. The number of aromatic amines is 1. The van der Waals surface area contributed by atoms with Crippen molar-refractivity contribution < 1.29 is 9.32 Å². The Bertz CT molecular complexity index is 1040. The van der Waals surface area contributed by atoms with E-state index in [2.05, 4.69) is 30.4 Å². The average Bonchev–Trinajstić information content (AvgIpc) is 3.20. The van der Waals surface area contributed by atoms with Gasteiger partial charge in [-0.1, -0.05) is 23.4 Å². The molecule has 0 saturated carbocycles. The molecule has 0 saturated heterocycles. The van der Waals surface area contributed by atoms with Crippen LogP contribution in [0.1, 0.15) is 11.6 Å². The maximum atomic E-state index is 12.1. The van der Waals surface area contributed by atoms with E-state index >= 15 is 0 Å². The van der Waals surface area contributed by atoms with Gasteiger partial charge >= 0.3 is 0 Å². The molecule has 4 aromatic rings. The Hall–Kier alpha value is -3.55. The first kappa shape index (κ1) is 15.0. The largest absolute Gasteiger partial charge is 0.340 e. The molecule has 8 nitrogen and oxygen atoms in total. The van der Waals surface area contributed by atoms with Crippen LogP contribution in [0.4, 0.5) is 5.69 Å². The van der Waals surface area contributed by atoms with Gasteiger partial charge in [0.2, 0.25) is 5.91 Å². The van der Waals surface area contributed by atoms with Crippen LogP contribution >= 0.6 is 0 Å². The average molecular weight is 334 g/mol. The monoisotopic (exact) mass is 334 g/mol. The molecule has 0 spiro atoms. The fourth-order valence-corrected chi connectivity index (χ4v) is 2.51. The molecule has 3 aromatic heterocycles. The van der Waals surface area contributed by atoms with Gasteiger partial charge in [0.15, 0.2) is 11.5 Å². The highest BCUT2D eigenvalue weighted by Crippen LogP contribution is 2.24. The van der Waals surface area contributed by atoms with Crippen molar-refractivity contribution in [2.45, 2.75) is 13.3 Å². The third kappa shape index (κ3) is 3.09. The molecule has 8 heteroatoms. The van der Waals surface area contributed by atoms with E-state index in [1.54, 1.807) is 12.3 Å². The number of H-pyrrole nitrogens is 1. The predicted molar refractivity (Wildman–Crippen MR) is 90.7 cm³/mol. The molecule has 1 amide bonds. The van der Waals surface area contributed by atoms with Crippen LogP contribution in [0.2, 0.25) is 0 Å². The van der Waals surface area contributed by atoms with Crippen molar-refractivity contribution >= 4 is 22.8 Å². The Labute approximate surface area is 142 Å². The Morgan fingerprint density at radius 2 is 2.04 bits per heavy atom. The number of fused-ring (bicyclic) bond motifs is 1. The maximum Gasteiger partial charge on any atom is 0.260 e. The molecule has 1 aromatic carbocycles. The van der Waals surface area contributed by atoms with Crippen LogP contribution in [0.15, 0.2) is 47.1 Å². The molecule has 0 atom stereocenters. The second-order valence-corrected chi connectivity index (χ2v) is 5.49. The molecule has 0 radical (unpaired) electrons. The molecule has 0 unspecified atom stereocenters. The van der Waals surface area contributed by atoms with Crippen LogP contribution in [-0.2, 0) is 11.2 Å². The molecule has 25 heavy (non-hydrogen) atoms. The summed E-state index contributed by atoms with van der Waals surface area (Å²) in [6.07, 6.45) is 1.65. The first-order valence-corrected chi connectivity index (χ1v) is 7.68. The van der Waals surface area contributed by atoms with Gasteiger partial charge in [-0.25, -0.2) is 9.97 Å². The van der Waals surface area contributed by atoms with E-state index in [1.165, 1.54) is 0 Å². The summed E-state index contributed by atoms with van der Waals surface area (Å²) in [6, 6.07) is 11.0. The molecular formula is C17H14N6O2. The number of aryl methyl sites for hydroxylation is 1. The van der Waals surface area contributed by atoms with Crippen LogP contribution in [0.5, 0.6) is 0 Å². The summed E-state index contributed by atoms with van der Waals surface area (Å²) in [5.41, 5.74) is 2.73. The minimum atomic E-state index is -0.212. The highest BCUT2D eigenvalue weighted by molar-refractivity contribution is 5.92. The smallest absolute Gasteiger partial charge is 0.260 e. The van der Waals surface area contributed by atoms with Crippen molar-refractivity contribution in [2.24, 2.45) is 0 Å². The molecule has 0 aliphatic carbocycles. The molecule has 124 valence electrons. The number of carbonyl (C=O) groups is 1. The van der Waals surface area contributed by atoms with Crippen molar-refractivity contribution in [1.29, 1.82) is 0 Å². The molecular weight excluding hydrogens is 320 g/mol. The van der Waals surface area contributed by atoms with Crippen LogP contribution in [0.3, 0.4) is 0 Å². The second-order valence-electron chi connectivity index (χ2n) is 5.49. The number of hydrogen-bond donors (Lipinski definition) is 2. The van der Waals surface area contributed by atoms with E-state index < -0.39 is 0 Å². The first-order valence-electron chi connectivity index (χ1n) is 7.68. The van der Waals surface area contributed by atoms with Crippen molar-refractivity contribution in [3.8, 4) is 11.5 Å². The zero-order valence-corrected chi connectivity index (χ0v) is 13.4. The van der Waals surface area contributed by atoms with E-state index in [9.17, 15) is 4.79 Å². The highest BCUT2D eigenvalue weighted by Gasteiger charge is 2.16. The summed E-state index contributed by atoms with van der Waals surface area (Å²) in [6.45, 7) is 1.85. The third-order valence-electron chi connectivity index (χ3n) is 3.59. The number of imidazole rings is 1. The number of rotatable bonds is 4. The van der Waals surface area contributed by atoms with Gasteiger partial charge in [0, 0.05) is 11.9 Å². The fraction of sp³-hybridized carbons (Fsp3) is 0.118. The van der Waals surface area contributed by atoms with Crippen molar-refractivity contribution in [1.82, 2.24) is 25.1 Å². The number of benzene rings is 1. The van der Waals surface area contributed by atoms with E-state index in [0.29, 0.717) is 22.9 Å². The lowest BCUT2D eigenvalue weighted by molar-refractivity contribution is -0.115. The van der Waals surface area contributed by atoms with Crippen molar-refractivity contribution in [3.63, 3.8) is 0 Å². The number of anilines is 1. The summed E-state index contributed by atoms with van der Waals surface area (Å²) in [5.74, 6) is 1.16. The summed E-state index contributed by atoms with van der Waals surface area (Å²) in [4.78, 5) is 28.0. The Morgan fingerprint density at radius 3 is 2.88 bits per heavy atom. The fourth-order valence-electron chi connectivity index (χ4n) is 2.51. The molecule has 0 bridgehead atoms. The van der Waals surface area contributed by atoms with Gasteiger partial charge in [0.05, 0.1) is 17.5 Å². The minimum absolute atomic E-state index is 0.0224. The van der Waals surface area contributed by atoms with Crippen LogP contribution in [-0.4, -0.2) is 31.0 Å². The molecule has 2 N–H and O–H groups in total. The van der Waals surface area contributed by atoms with Gasteiger partial charge in [0.1, 0.15) is 5.82 Å². The maximum absolute atomic E-state index is 12.1. The Balaban J connectivity index is 1.54. The van der Waals surface area contributed by atoms with Gasteiger partial charge in [-0.2, -0.15) is 4.98 Å². The lowest BCUT2D eigenvalue weighted by Crippen LogP contribution is -2.15. The molecule has 0 aliphatic heterocycles. The van der Waals surface area contributed by atoms with Crippen molar-refractivity contribution in [2.75, 3.05) is 5.32 Å². The summed E-state index contributed by atoms with van der Waals surface area (Å²) < 4.78 is 5.30. The molecule has 0 aliphatic rings. The number of carbonyl (C=O) groups excluding carboxylic acids is 1. The quantitative estimate of drug-likeness (QED) is 0.593. The number of nitrogens with one attached hydrogen (secondary N) is 2. The predicted octanol–water partition coefficient (Wildman–Crippen LogP) is 2.50. The summed E-state index contributed by atoms with van der Waals surface area (Å²) in [5, 5.41) is 6.67. The van der Waals surface area contributed by atoms with Gasteiger partial charge in [-0.15, -0.1) is 0 Å². The third-order valence-corrected chi connectivity index (χ3v) is 3.59. The van der Waals surface area contributed by atoms with Gasteiger partial charge in [-0.05, 0) is 25.1 Å². The molecule has 3 heterocycles. The van der Waals surface area contributed by atoms with Gasteiger partial charge in [-0.3, -0.25) is 4.79 Å². The topological polar surface area (TPSA) is 110 Å². The summed E-state index contributed by atoms with van der Waals surface area (Å²) in [7, 11) is 0. The van der Waals surface area contributed by atoms with E-state index in [1.807, 2.05) is 37.3 Å². The number of nitrogens with zero attached hydrogens (tertiary/aromatic N) is 4. The number of amides is 1. The Kier molecular flexibility index (Phi) is 3.70. The number of pyridine rings is 1. The normalized spacial score (nSPS) is 10.9. The van der Waals surface area contributed by atoms with E-state index in [0.717, 1.165) is 17.0 Å². The number of para-hydroxylation sites is 1. The molecule has 4 rings (SSSR count). The van der Waals surface area contributed by atoms with E-state index in [-0.39, 0.29) is 12.3 Å². The van der Waals surface area contributed by atoms with Crippen LogP contribution in [0.25, 0.3) is 22.6 Å². The van der Waals surface area contributed by atoms with Crippen molar-refractivity contribution in [3.05, 3.63) is 54.2 Å². The van der Waals surface area contributed by atoms with Crippen LogP contribution < -0.4 is 5.32 Å². The van der Waals surface area contributed by atoms with Gasteiger partial charge in [0.25, 0.3) is 5.89 Å². The van der Waals surface area contributed by atoms with Crippen LogP contribution in [0, 0.1) is 6.92 Å². The first-order chi connectivity index (χ1) is 12.2. The zero-order chi connectivity index (χ0) is 17.2. The second kappa shape index (κ2) is 6.16. The summed E-state index contributed by atoms with van der Waals surface area (Å²) >= 11 is 0. The number of aromatic nitrogens is 5. The lowest BCUT2D eigenvalue weighted by atomic mass is 10.2.